The highest BCUT2D eigenvalue weighted by Crippen LogP contribution is 2.10. The van der Waals surface area contributed by atoms with Crippen molar-refractivity contribution in [2.75, 3.05) is 13.1 Å². The number of piperidine rings is 1. The average molecular weight is 254 g/mol. The van der Waals surface area contributed by atoms with Gasteiger partial charge in [0.05, 0.1) is 6.54 Å². The third kappa shape index (κ3) is 5.52. The summed E-state index contributed by atoms with van der Waals surface area (Å²) < 4.78 is 0. The summed E-state index contributed by atoms with van der Waals surface area (Å²) in [4.78, 5) is 25.1. The third-order valence-electron chi connectivity index (χ3n) is 3.34. The van der Waals surface area contributed by atoms with E-state index in [-0.39, 0.29) is 24.4 Å². The number of nitrogens with one attached hydrogen (secondary N) is 1. The Kier molecular flexibility index (Phi) is 6.16. The van der Waals surface area contributed by atoms with Crippen molar-refractivity contribution >= 4 is 11.8 Å². The van der Waals surface area contributed by atoms with Crippen LogP contribution in [0.4, 0.5) is 0 Å². The van der Waals surface area contributed by atoms with Crippen molar-refractivity contribution < 1.29 is 9.59 Å². The monoisotopic (exact) mass is 254 g/mol. The molecule has 4 nitrogen and oxygen atoms in total. The molecule has 1 aliphatic heterocycles. The zero-order valence-electron chi connectivity index (χ0n) is 11.9. The number of nitrogens with zero attached hydrogens (tertiary/aromatic N) is 1. The highest BCUT2D eigenvalue weighted by molar-refractivity contribution is 5.85. The summed E-state index contributed by atoms with van der Waals surface area (Å²) in [6, 6.07) is 0.194. The number of amides is 2. The molecule has 1 saturated heterocycles. The Hall–Kier alpha value is -1.06. The van der Waals surface area contributed by atoms with Crippen LogP contribution in [-0.4, -0.2) is 35.8 Å². The van der Waals surface area contributed by atoms with Gasteiger partial charge < -0.3 is 10.2 Å². The molecule has 1 aliphatic rings. The second-order valence-electron chi connectivity index (χ2n) is 5.71. The van der Waals surface area contributed by atoms with Crippen molar-refractivity contribution in [3.8, 4) is 0 Å². The topological polar surface area (TPSA) is 49.4 Å². The van der Waals surface area contributed by atoms with Crippen molar-refractivity contribution in [2.24, 2.45) is 5.92 Å². The van der Waals surface area contributed by atoms with Gasteiger partial charge in [0.15, 0.2) is 0 Å². The van der Waals surface area contributed by atoms with Crippen molar-refractivity contribution in [3.63, 3.8) is 0 Å². The Balaban J connectivity index is 2.25. The van der Waals surface area contributed by atoms with Crippen LogP contribution in [-0.2, 0) is 9.59 Å². The molecule has 1 rings (SSSR count). The van der Waals surface area contributed by atoms with Gasteiger partial charge >= 0.3 is 0 Å². The summed E-state index contributed by atoms with van der Waals surface area (Å²) >= 11 is 0. The number of hydrogen-bond acceptors (Lipinski definition) is 2. The van der Waals surface area contributed by atoms with Gasteiger partial charge in [-0.05, 0) is 38.5 Å². The van der Waals surface area contributed by atoms with Crippen LogP contribution in [0.3, 0.4) is 0 Å². The van der Waals surface area contributed by atoms with E-state index in [0.29, 0.717) is 12.3 Å². The molecule has 0 aromatic heterocycles. The van der Waals surface area contributed by atoms with Crippen LogP contribution in [0.5, 0.6) is 0 Å². The van der Waals surface area contributed by atoms with Gasteiger partial charge in [-0.1, -0.05) is 13.8 Å². The van der Waals surface area contributed by atoms with Crippen LogP contribution in [0.15, 0.2) is 0 Å². The van der Waals surface area contributed by atoms with Gasteiger partial charge in [0, 0.05) is 19.0 Å². The van der Waals surface area contributed by atoms with Crippen LogP contribution in [0.25, 0.3) is 0 Å². The highest BCUT2D eigenvalue weighted by atomic mass is 16.2. The smallest absolute Gasteiger partial charge is 0.239 e. The summed E-state index contributed by atoms with van der Waals surface area (Å²) in [7, 11) is 0. The summed E-state index contributed by atoms with van der Waals surface area (Å²) in [6.07, 6.45) is 4.68. The molecule has 0 aromatic carbocycles. The molecule has 0 saturated carbocycles. The Morgan fingerprint density at radius 3 is 2.61 bits per heavy atom. The Morgan fingerprint density at radius 2 is 2.00 bits per heavy atom. The molecule has 1 unspecified atom stereocenters. The van der Waals surface area contributed by atoms with Crippen LogP contribution < -0.4 is 5.32 Å². The van der Waals surface area contributed by atoms with Gasteiger partial charge in [-0.3, -0.25) is 9.59 Å². The molecule has 0 spiro atoms. The number of carbonyl (C=O) groups is 2. The summed E-state index contributed by atoms with van der Waals surface area (Å²) in [6.45, 7) is 7.34. The fourth-order valence-electron chi connectivity index (χ4n) is 2.18. The van der Waals surface area contributed by atoms with Gasteiger partial charge in [0.25, 0.3) is 0 Å². The average Bonchev–Trinajstić information content (AvgIpc) is 2.29. The van der Waals surface area contributed by atoms with Gasteiger partial charge in [-0.25, -0.2) is 0 Å². The molecule has 18 heavy (non-hydrogen) atoms. The quantitative estimate of drug-likeness (QED) is 0.787. The molecular weight excluding hydrogens is 228 g/mol. The van der Waals surface area contributed by atoms with E-state index < -0.39 is 0 Å². The second kappa shape index (κ2) is 7.39. The van der Waals surface area contributed by atoms with Gasteiger partial charge in [0.1, 0.15) is 0 Å². The largest absolute Gasteiger partial charge is 0.352 e. The molecule has 4 heteroatoms. The molecule has 0 bridgehead atoms. The van der Waals surface area contributed by atoms with Crippen molar-refractivity contribution in [1.29, 1.82) is 0 Å². The molecule has 0 aromatic rings. The molecule has 104 valence electrons. The first-order chi connectivity index (χ1) is 8.49. The van der Waals surface area contributed by atoms with Crippen molar-refractivity contribution in [3.05, 3.63) is 0 Å². The number of carbonyl (C=O) groups excluding carboxylic acids is 2. The van der Waals surface area contributed by atoms with Gasteiger partial charge in [-0.2, -0.15) is 0 Å². The number of hydrogen-bond donors (Lipinski definition) is 1. The zero-order valence-corrected chi connectivity index (χ0v) is 11.9. The van der Waals surface area contributed by atoms with E-state index in [4.69, 9.17) is 0 Å². The lowest BCUT2D eigenvalue weighted by Crippen LogP contribution is -2.45. The highest BCUT2D eigenvalue weighted by Gasteiger charge is 2.20. The van der Waals surface area contributed by atoms with E-state index in [1.807, 2.05) is 6.92 Å². The molecule has 1 fully saturated rings. The first-order valence-electron chi connectivity index (χ1n) is 7.06. The van der Waals surface area contributed by atoms with E-state index in [1.54, 1.807) is 4.90 Å². The number of likely N-dealkylation sites (tertiary alicyclic amines) is 1. The molecule has 0 radical (unpaired) electrons. The molecule has 1 heterocycles. The van der Waals surface area contributed by atoms with E-state index in [9.17, 15) is 9.59 Å². The van der Waals surface area contributed by atoms with Gasteiger partial charge in [-0.15, -0.1) is 0 Å². The van der Waals surface area contributed by atoms with Crippen LogP contribution >= 0.6 is 0 Å². The first-order valence-corrected chi connectivity index (χ1v) is 7.06. The van der Waals surface area contributed by atoms with E-state index in [2.05, 4.69) is 19.2 Å². The minimum atomic E-state index is -0.0264. The van der Waals surface area contributed by atoms with Crippen LogP contribution in [0.2, 0.25) is 0 Å². The summed E-state index contributed by atoms with van der Waals surface area (Å²) in [5.41, 5.74) is 0. The SMILES string of the molecule is CC(C)CCC(C)NC(=O)CN1CCCCC1=O. The lowest BCUT2D eigenvalue weighted by Gasteiger charge is -2.26. The maximum atomic E-state index is 11.8. The van der Waals surface area contributed by atoms with E-state index in [0.717, 1.165) is 32.2 Å². The maximum Gasteiger partial charge on any atom is 0.239 e. The van der Waals surface area contributed by atoms with E-state index in [1.165, 1.54) is 0 Å². The molecule has 1 atom stereocenters. The summed E-state index contributed by atoms with van der Waals surface area (Å²) in [5.74, 6) is 0.751. The predicted octanol–water partition coefficient (Wildman–Crippen LogP) is 1.94. The fourth-order valence-corrected chi connectivity index (χ4v) is 2.18. The van der Waals surface area contributed by atoms with Gasteiger partial charge in [0.2, 0.25) is 11.8 Å². The molecular formula is C14H26N2O2. The molecule has 2 amide bonds. The van der Waals surface area contributed by atoms with Crippen LogP contribution in [0, 0.1) is 5.92 Å². The lowest BCUT2D eigenvalue weighted by molar-refractivity contribution is -0.138. The van der Waals surface area contributed by atoms with Crippen LogP contribution in [0.1, 0.15) is 52.9 Å². The fraction of sp³-hybridized carbons (Fsp3) is 0.857. The normalized spacial score (nSPS) is 18.0. The summed E-state index contributed by atoms with van der Waals surface area (Å²) in [5, 5.41) is 2.97. The maximum absolute atomic E-state index is 11.8. The minimum absolute atomic E-state index is 0.0264. The predicted molar refractivity (Wildman–Crippen MR) is 72.1 cm³/mol. The Bertz CT molecular complexity index is 290. The van der Waals surface area contributed by atoms with E-state index >= 15 is 0 Å². The first kappa shape index (κ1) is 15.0. The third-order valence-corrected chi connectivity index (χ3v) is 3.34. The zero-order chi connectivity index (χ0) is 13.5. The van der Waals surface area contributed by atoms with Crippen molar-refractivity contribution in [1.82, 2.24) is 10.2 Å². The Labute approximate surface area is 110 Å². The number of rotatable bonds is 6. The van der Waals surface area contributed by atoms with Crippen molar-refractivity contribution in [2.45, 2.75) is 58.9 Å². The minimum Gasteiger partial charge on any atom is -0.352 e. The lowest BCUT2D eigenvalue weighted by atomic mass is 10.0. The Morgan fingerprint density at radius 1 is 1.28 bits per heavy atom. The second-order valence-corrected chi connectivity index (χ2v) is 5.71. The molecule has 0 aliphatic carbocycles. The molecule has 1 N–H and O–H groups in total. The standard InChI is InChI=1S/C14H26N2O2/c1-11(2)7-8-12(3)15-13(17)10-16-9-5-4-6-14(16)18/h11-12H,4-10H2,1-3H3,(H,15,17).